The molecule has 2 unspecified atom stereocenters. The van der Waals surface area contributed by atoms with Crippen molar-refractivity contribution in [2.45, 2.75) is 57.2 Å². The fourth-order valence-electron chi connectivity index (χ4n) is 2.97. The molecule has 88 valence electrons. The Kier molecular flexibility index (Phi) is 3.06. The van der Waals surface area contributed by atoms with E-state index in [1.54, 1.807) is 0 Å². The van der Waals surface area contributed by atoms with Gasteiger partial charge >= 0.3 is 0 Å². The average Bonchev–Trinajstić information content (AvgIpc) is 2.95. The number of hydrogen-bond acceptors (Lipinski definition) is 3. The quantitative estimate of drug-likeness (QED) is 0.730. The van der Waals surface area contributed by atoms with E-state index in [1.165, 1.54) is 25.7 Å². The Bertz CT molecular complexity index is 226. The van der Waals surface area contributed by atoms with Crippen molar-refractivity contribution >= 4 is 0 Å². The zero-order valence-electron chi connectivity index (χ0n) is 9.95. The Balaban J connectivity index is 2.04. The number of aliphatic hydroxyl groups excluding tert-OH is 1. The Morgan fingerprint density at radius 1 is 1.47 bits per heavy atom. The molecule has 0 radical (unpaired) electrons. The fourth-order valence-corrected chi connectivity index (χ4v) is 2.97. The van der Waals surface area contributed by atoms with Crippen molar-refractivity contribution in [1.82, 2.24) is 4.90 Å². The third kappa shape index (κ3) is 2.19. The molecule has 3 heteroatoms. The predicted octanol–water partition coefficient (Wildman–Crippen LogP) is 0.959. The van der Waals surface area contributed by atoms with E-state index >= 15 is 0 Å². The second kappa shape index (κ2) is 4.04. The van der Waals surface area contributed by atoms with Crippen molar-refractivity contribution in [3.63, 3.8) is 0 Å². The van der Waals surface area contributed by atoms with Crippen LogP contribution in [0.2, 0.25) is 0 Å². The van der Waals surface area contributed by atoms with Crippen LogP contribution in [0.25, 0.3) is 0 Å². The molecular formula is C12H24N2O. The number of rotatable bonds is 4. The second-order valence-corrected chi connectivity index (χ2v) is 5.77. The van der Waals surface area contributed by atoms with Crippen molar-refractivity contribution in [3.05, 3.63) is 0 Å². The third-order valence-electron chi connectivity index (χ3n) is 4.16. The first-order chi connectivity index (χ1) is 7.06. The first kappa shape index (κ1) is 11.4. The maximum Gasteiger partial charge on any atom is 0.0602 e. The monoisotopic (exact) mass is 212 g/mol. The highest BCUT2D eigenvalue weighted by molar-refractivity contribution is 4.99. The highest BCUT2D eigenvalue weighted by Gasteiger charge is 2.42. The van der Waals surface area contributed by atoms with Crippen LogP contribution < -0.4 is 5.73 Å². The SMILES string of the molecule is CC1(C)CCCN1C(CO)C(N)C1CC1. The van der Waals surface area contributed by atoms with Crippen LogP contribution in [0.1, 0.15) is 39.5 Å². The topological polar surface area (TPSA) is 49.5 Å². The van der Waals surface area contributed by atoms with Gasteiger partial charge in [-0.15, -0.1) is 0 Å². The van der Waals surface area contributed by atoms with Crippen LogP contribution in [-0.2, 0) is 0 Å². The summed E-state index contributed by atoms with van der Waals surface area (Å²) in [5.74, 6) is 0.665. The second-order valence-electron chi connectivity index (χ2n) is 5.77. The molecule has 1 aliphatic heterocycles. The molecule has 3 nitrogen and oxygen atoms in total. The van der Waals surface area contributed by atoms with Gasteiger partial charge in [0.25, 0.3) is 0 Å². The molecule has 0 aromatic carbocycles. The van der Waals surface area contributed by atoms with Crippen molar-refractivity contribution in [1.29, 1.82) is 0 Å². The molecule has 1 heterocycles. The molecule has 3 N–H and O–H groups in total. The van der Waals surface area contributed by atoms with Gasteiger partial charge in [-0.05, 0) is 52.0 Å². The van der Waals surface area contributed by atoms with Gasteiger partial charge in [-0.25, -0.2) is 0 Å². The van der Waals surface area contributed by atoms with Crippen molar-refractivity contribution < 1.29 is 5.11 Å². The molecule has 2 fully saturated rings. The maximum atomic E-state index is 9.54. The first-order valence-corrected chi connectivity index (χ1v) is 6.19. The molecule has 0 aromatic rings. The van der Waals surface area contributed by atoms with Gasteiger partial charge in [-0.3, -0.25) is 4.90 Å². The van der Waals surface area contributed by atoms with Crippen molar-refractivity contribution in [2.24, 2.45) is 11.7 Å². The molecule has 0 aromatic heterocycles. The van der Waals surface area contributed by atoms with Gasteiger partial charge in [0, 0.05) is 17.6 Å². The number of likely N-dealkylation sites (tertiary alicyclic amines) is 1. The molecule has 2 aliphatic rings. The Hall–Kier alpha value is -0.120. The van der Waals surface area contributed by atoms with Crippen LogP contribution in [0.5, 0.6) is 0 Å². The summed E-state index contributed by atoms with van der Waals surface area (Å²) in [5.41, 5.74) is 6.46. The molecular weight excluding hydrogens is 188 g/mol. The molecule has 2 rings (SSSR count). The lowest BCUT2D eigenvalue weighted by Crippen LogP contribution is -2.56. The minimum atomic E-state index is 0.173. The largest absolute Gasteiger partial charge is 0.395 e. The number of hydrogen-bond donors (Lipinski definition) is 2. The Morgan fingerprint density at radius 3 is 2.53 bits per heavy atom. The van der Waals surface area contributed by atoms with E-state index in [0.29, 0.717) is 5.92 Å². The van der Waals surface area contributed by atoms with Crippen LogP contribution in [0.15, 0.2) is 0 Å². The van der Waals surface area contributed by atoms with E-state index < -0.39 is 0 Å². The predicted molar refractivity (Wildman–Crippen MR) is 61.6 cm³/mol. The smallest absolute Gasteiger partial charge is 0.0602 e. The highest BCUT2D eigenvalue weighted by Crippen LogP contribution is 2.37. The van der Waals surface area contributed by atoms with Crippen LogP contribution >= 0.6 is 0 Å². The van der Waals surface area contributed by atoms with Gasteiger partial charge in [-0.1, -0.05) is 0 Å². The van der Waals surface area contributed by atoms with Crippen molar-refractivity contribution in [3.8, 4) is 0 Å². The normalized spacial score (nSPS) is 30.4. The van der Waals surface area contributed by atoms with Gasteiger partial charge in [0.2, 0.25) is 0 Å². The molecule has 1 saturated heterocycles. The summed E-state index contributed by atoms with van der Waals surface area (Å²) in [6, 6.07) is 0.349. The standard InChI is InChI=1S/C12H24N2O/c1-12(2)6-3-7-14(12)10(8-15)11(13)9-4-5-9/h9-11,15H,3-8,13H2,1-2H3. The number of aliphatic hydroxyl groups is 1. The average molecular weight is 212 g/mol. The minimum absolute atomic E-state index is 0.173. The molecule has 0 spiro atoms. The summed E-state index contributed by atoms with van der Waals surface area (Å²) < 4.78 is 0. The third-order valence-corrected chi connectivity index (χ3v) is 4.16. The number of nitrogens with zero attached hydrogens (tertiary/aromatic N) is 1. The van der Waals surface area contributed by atoms with Gasteiger partial charge < -0.3 is 10.8 Å². The molecule has 0 bridgehead atoms. The van der Waals surface area contributed by atoms with E-state index in [2.05, 4.69) is 18.7 Å². The summed E-state index contributed by atoms with van der Waals surface area (Å²) in [6.07, 6.45) is 4.97. The fraction of sp³-hybridized carbons (Fsp3) is 1.00. The van der Waals surface area contributed by atoms with Crippen LogP contribution in [0.3, 0.4) is 0 Å². The summed E-state index contributed by atoms with van der Waals surface area (Å²) in [5, 5.41) is 9.54. The molecule has 15 heavy (non-hydrogen) atoms. The highest BCUT2D eigenvalue weighted by atomic mass is 16.3. The Labute approximate surface area is 92.6 Å². The minimum Gasteiger partial charge on any atom is -0.395 e. The summed E-state index contributed by atoms with van der Waals surface area (Å²) >= 11 is 0. The maximum absolute atomic E-state index is 9.54. The van der Waals surface area contributed by atoms with Gasteiger partial charge in [0.15, 0.2) is 0 Å². The molecule has 2 atom stereocenters. The van der Waals surface area contributed by atoms with Crippen LogP contribution in [0.4, 0.5) is 0 Å². The Morgan fingerprint density at radius 2 is 2.13 bits per heavy atom. The van der Waals surface area contributed by atoms with Crippen LogP contribution in [-0.4, -0.2) is 40.8 Å². The van der Waals surface area contributed by atoms with Gasteiger partial charge in [0.05, 0.1) is 6.61 Å². The van der Waals surface area contributed by atoms with Crippen LogP contribution in [0, 0.1) is 5.92 Å². The lowest BCUT2D eigenvalue weighted by Gasteiger charge is -2.40. The summed E-state index contributed by atoms with van der Waals surface area (Å²) in [7, 11) is 0. The lowest BCUT2D eigenvalue weighted by molar-refractivity contribution is 0.0513. The van der Waals surface area contributed by atoms with Gasteiger partial charge in [-0.2, -0.15) is 0 Å². The van der Waals surface area contributed by atoms with E-state index in [9.17, 15) is 5.11 Å². The van der Waals surface area contributed by atoms with E-state index in [-0.39, 0.29) is 24.2 Å². The molecule has 1 aliphatic carbocycles. The van der Waals surface area contributed by atoms with E-state index in [0.717, 1.165) is 6.54 Å². The van der Waals surface area contributed by atoms with Crippen molar-refractivity contribution in [2.75, 3.05) is 13.2 Å². The number of nitrogens with two attached hydrogens (primary N) is 1. The molecule has 1 saturated carbocycles. The zero-order chi connectivity index (χ0) is 11.1. The molecule has 0 amide bonds. The van der Waals surface area contributed by atoms with E-state index in [4.69, 9.17) is 5.73 Å². The summed E-state index contributed by atoms with van der Waals surface area (Å²) in [4.78, 5) is 2.43. The zero-order valence-corrected chi connectivity index (χ0v) is 9.95. The van der Waals surface area contributed by atoms with Gasteiger partial charge in [0.1, 0.15) is 0 Å². The van der Waals surface area contributed by atoms with E-state index in [1.807, 2.05) is 0 Å². The lowest BCUT2D eigenvalue weighted by atomic mass is 9.96. The first-order valence-electron chi connectivity index (χ1n) is 6.19. The summed E-state index contributed by atoms with van der Waals surface area (Å²) in [6.45, 7) is 5.84.